The lowest BCUT2D eigenvalue weighted by Gasteiger charge is -2.30. The van der Waals surface area contributed by atoms with Crippen molar-refractivity contribution in [3.8, 4) is 0 Å². The third kappa shape index (κ3) is 3.50. The Hall–Kier alpha value is -3.51. The van der Waals surface area contributed by atoms with Crippen LogP contribution in [-0.4, -0.2) is 44.0 Å². The summed E-state index contributed by atoms with van der Waals surface area (Å²) in [6.07, 6.45) is 1.59. The number of imidazole rings is 1. The number of H-pyrrole nitrogens is 1. The number of para-hydroxylation sites is 2. The molecule has 0 saturated heterocycles. The Labute approximate surface area is 162 Å². The quantitative estimate of drug-likeness (QED) is 0.545. The van der Waals surface area contributed by atoms with Crippen molar-refractivity contribution in [3.63, 3.8) is 0 Å². The summed E-state index contributed by atoms with van der Waals surface area (Å²) in [7, 11) is 0. The zero-order valence-electron chi connectivity index (χ0n) is 15.2. The average molecular weight is 372 g/mol. The monoisotopic (exact) mass is 372 g/mol. The fourth-order valence-corrected chi connectivity index (χ4v) is 3.31. The van der Waals surface area contributed by atoms with E-state index < -0.39 is 6.04 Å². The molecule has 2 aromatic heterocycles. The second kappa shape index (κ2) is 8.02. The van der Waals surface area contributed by atoms with Crippen LogP contribution >= 0.6 is 0 Å². The highest BCUT2D eigenvalue weighted by atomic mass is 16.3. The van der Waals surface area contributed by atoms with Gasteiger partial charge in [0.15, 0.2) is 0 Å². The number of pyridine rings is 1. The summed E-state index contributed by atoms with van der Waals surface area (Å²) in [4.78, 5) is 27.1. The average Bonchev–Trinajstić information content (AvgIpc) is 3.18. The van der Waals surface area contributed by atoms with Gasteiger partial charge in [0.2, 0.25) is 0 Å². The van der Waals surface area contributed by atoms with Crippen molar-refractivity contribution >= 4 is 16.9 Å². The summed E-state index contributed by atoms with van der Waals surface area (Å²) >= 11 is 0. The number of hydrogen-bond donors (Lipinski definition) is 2. The first-order valence-corrected chi connectivity index (χ1v) is 9.10. The van der Waals surface area contributed by atoms with E-state index in [0.29, 0.717) is 11.5 Å². The topological polar surface area (TPSA) is 82.1 Å². The highest BCUT2D eigenvalue weighted by Crippen LogP contribution is 2.29. The smallest absolute Gasteiger partial charge is 0.273 e. The number of aromatic amines is 1. The van der Waals surface area contributed by atoms with Crippen LogP contribution in [-0.2, 0) is 0 Å². The van der Waals surface area contributed by atoms with Crippen LogP contribution in [0.15, 0.2) is 79.0 Å². The molecule has 4 rings (SSSR count). The van der Waals surface area contributed by atoms with Gasteiger partial charge in [-0.1, -0.05) is 48.5 Å². The van der Waals surface area contributed by atoms with Gasteiger partial charge in [0.25, 0.3) is 5.91 Å². The molecule has 0 aliphatic rings. The molecule has 0 saturated carbocycles. The second-order valence-corrected chi connectivity index (χ2v) is 6.39. The van der Waals surface area contributed by atoms with Gasteiger partial charge in [0, 0.05) is 12.7 Å². The lowest BCUT2D eigenvalue weighted by molar-refractivity contribution is 0.0653. The molecule has 1 atom stereocenters. The fraction of sp³-hybridized carbons (Fsp3) is 0.136. The van der Waals surface area contributed by atoms with E-state index in [-0.39, 0.29) is 19.1 Å². The normalized spacial score (nSPS) is 12.0. The molecule has 4 aromatic rings. The summed E-state index contributed by atoms with van der Waals surface area (Å²) in [6.45, 7) is -0.00580. The number of nitrogens with one attached hydrogen (secondary N) is 1. The molecule has 0 bridgehead atoms. The third-order valence-electron chi connectivity index (χ3n) is 4.58. The molecular formula is C22H20N4O2. The first kappa shape index (κ1) is 17.9. The predicted molar refractivity (Wildman–Crippen MR) is 107 cm³/mol. The lowest BCUT2D eigenvalue weighted by atomic mass is 10.0. The minimum Gasteiger partial charge on any atom is -0.395 e. The van der Waals surface area contributed by atoms with Gasteiger partial charge < -0.3 is 15.0 Å². The first-order valence-electron chi connectivity index (χ1n) is 9.10. The van der Waals surface area contributed by atoms with E-state index in [1.165, 1.54) is 0 Å². The molecule has 0 spiro atoms. The molecule has 1 unspecified atom stereocenters. The summed E-state index contributed by atoms with van der Waals surface area (Å²) in [5.74, 6) is 0.383. The van der Waals surface area contributed by atoms with Crippen LogP contribution in [0.1, 0.15) is 27.9 Å². The molecule has 6 nitrogen and oxygen atoms in total. The van der Waals surface area contributed by atoms with Crippen LogP contribution < -0.4 is 0 Å². The molecule has 1 amide bonds. The Morgan fingerprint density at radius 3 is 2.46 bits per heavy atom. The van der Waals surface area contributed by atoms with Crippen molar-refractivity contribution in [1.82, 2.24) is 19.9 Å². The van der Waals surface area contributed by atoms with Crippen molar-refractivity contribution in [2.45, 2.75) is 6.04 Å². The third-order valence-corrected chi connectivity index (χ3v) is 4.58. The van der Waals surface area contributed by atoms with Crippen molar-refractivity contribution in [2.75, 3.05) is 13.2 Å². The number of aliphatic hydroxyl groups is 1. The van der Waals surface area contributed by atoms with E-state index >= 15 is 0 Å². The minimum absolute atomic E-state index is 0.159. The van der Waals surface area contributed by atoms with E-state index in [1.54, 1.807) is 29.3 Å². The van der Waals surface area contributed by atoms with Gasteiger partial charge in [-0.25, -0.2) is 4.98 Å². The minimum atomic E-state index is -0.477. The Morgan fingerprint density at radius 1 is 1.00 bits per heavy atom. The van der Waals surface area contributed by atoms with Crippen LogP contribution in [0.5, 0.6) is 0 Å². The number of rotatable bonds is 6. The van der Waals surface area contributed by atoms with E-state index in [4.69, 9.17) is 4.98 Å². The van der Waals surface area contributed by atoms with E-state index in [2.05, 4.69) is 9.97 Å². The zero-order chi connectivity index (χ0) is 19.3. The maximum atomic E-state index is 13.2. The van der Waals surface area contributed by atoms with Crippen molar-refractivity contribution in [2.24, 2.45) is 0 Å². The van der Waals surface area contributed by atoms with E-state index in [1.807, 2.05) is 54.6 Å². The molecule has 140 valence electrons. The molecule has 2 heterocycles. The number of amides is 1. The number of nitrogens with zero attached hydrogens (tertiary/aromatic N) is 3. The van der Waals surface area contributed by atoms with Crippen LogP contribution in [0, 0.1) is 0 Å². The summed E-state index contributed by atoms with van der Waals surface area (Å²) in [5.41, 5.74) is 2.95. The molecule has 0 aliphatic heterocycles. The molecular weight excluding hydrogens is 352 g/mol. The lowest BCUT2D eigenvalue weighted by Crippen LogP contribution is -2.38. The molecule has 28 heavy (non-hydrogen) atoms. The number of fused-ring (bicyclic) bond motifs is 1. The number of benzene rings is 2. The first-order chi connectivity index (χ1) is 13.8. The SMILES string of the molecule is O=C(c1ccccn1)N(CCO)C(c1ccccc1)c1nc2ccccc2[nH]1. The summed E-state index contributed by atoms with van der Waals surface area (Å²) in [5, 5.41) is 9.67. The van der Waals surface area contributed by atoms with Gasteiger partial charge >= 0.3 is 0 Å². The molecule has 0 radical (unpaired) electrons. The van der Waals surface area contributed by atoms with Crippen LogP contribution in [0.2, 0.25) is 0 Å². The standard InChI is InChI=1S/C22H20N4O2/c27-15-14-26(22(28)19-12-6-7-13-23-19)20(16-8-2-1-3-9-16)21-24-17-10-4-5-11-18(17)25-21/h1-13,20,27H,14-15H2,(H,24,25). The molecule has 0 fully saturated rings. The van der Waals surface area contributed by atoms with E-state index in [9.17, 15) is 9.90 Å². The number of aromatic nitrogens is 3. The van der Waals surface area contributed by atoms with E-state index in [0.717, 1.165) is 16.6 Å². The number of carbonyl (C=O) groups is 1. The zero-order valence-corrected chi connectivity index (χ0v) is 15.2. The number of aliphatic hydroxyl groups excluding tert-OH is 1. The van der Waals surface area contributed by atoms with Gasteiger partial charge in [-0.15, -0.1) is 0 Å². The Morgan fingerprint density at radius 2 is 1.75 bits per heavy atom. The highest BCUT2D eigenvalue weighted by molar-refractivity contribution is 5.92. The molecule has 2 N–H and O–H groups in total. The Kier molecular flexibility index (Phi) is 5.12. The van der Waals surface area contributed by atoms with Gasteiger partial charge in [-0.05, 0) is 29.8 Å². The Bertz CT molecular complexity index is 1030. The van der Waals surface area contributed by atoms with Gasteiger partial charge in [0.1, 0.15) is 17.6 Å². The molecule has 2 aromatic carbocycles. The van der Waals surface area contributed by atoms with Crippen LogP contribution in [0.3, 0.4) is 0 Å². The Balaban J connectivity index is 1.84. The fourth-order valence-electron chi connectivity index (χ4n) is 3.31. The van der Waals surface area contributed by atoms with Gasteiger partial charge in [-0.2, -0.15) is 0 Å². The number of carbonyl (C=O) groups excluding carboxylic acids is 1. The molecule has 0 aliphatic carbocycles. The number of hydrogen-bond acceptors (Lipinski definition) is 4. The molecule has 6 heteroatoms. The van der Waals surface area contributed by atoms with Gasteiger partial charge in [0.05, 0.1) is 17.6 Å². The predicted octanol–water partition coefficient (Wildman–Crippen LogP) is 3.18. The van der Waals surface area contributed by atoms with Crippen LogP contribution in [0.25, 0.3) is 11.0 Å². The highest BCUT2D eigenvalue weighted by Gasteiger charge is 2.30. The van der Waals surface area contributed by atoms with Crippen LogP contribution in [0.4, 0.5) is 0 Å². The van der Waals surface area contributed by atoms with Crippen molar-refractivity contribution in [1.29, 1.82) is 0 Å². The van der Waals surface area contributed by atoms with Crippen molar-refractivity contribution < 1.29 is 9.90 Å². The summed E-state index contributed by atoms with van der Waals surface area (Å²) in [6, 6.07) is 22.2. The van der Waals surface area contributed by atoms with Gasteiger partial charge in [-0.3, -0.25) is 9.78 Å². The maximum Gasteiger partial charge on any atom is 0.273 e. The largest absolute Gasteiger partial charge is 0.395 e. The second-order valence-electron chi connectivity index (χ2n) is 6.39. The summed E-state index contributed by atoms with van der Waals surface area (Å²) < 4.78 is 0. The maximum absolute atomic E-state index is 13.2. The van der Waals surface area contributed by atoms with Crippen molar-refractivity contribution in [3.05, 3.63) is 96.1 Å².